The quantitative estimate of drug-likeness (QED) is 0.312. The molecule has 0 saturated carbocycles. The first-order valence-corrected chi connectivity index (χ1v) is 0. The smallest absolute Gasteiger partial charge is 1.00 e. The van der Waals surface area contributed by atoms with Crippen LogP contribution in [-0.2, 0) is 5.48 Å². The van der Waals surface area contributed by atoms with Gasteiger partial charge in [0.2, 0.25) is 0 Å². The number of hydrogen-bond donors (Lipinski definition) is 0. The molecule has 0 aromatic carbocycles. The summed E-state index contributed by atoms with van der Waals surface area (Å²) in [6.07, 6.45) is 0. The largest absolute Gasteiger partial charge is 2.00 e. The molecule has 30 valence electrons. The van der Waals surface area contributed by atoms with Crippen LogP contribution in [0.5, 0.6) is 0 Å². The van der Waals surface area contributed by atoms with Crippen molar-refractivity contribution in [2.75, 3.05) is 0 Å². The van der Waals surface area contributed by atoms with Gasteiger partial charge in [-0.2, -0.15) is 0 Å². The van der Waals surface area contributed by atoms with E-state index in [0.29, 0.717) is 0 Å². The zero-order chi connectivity index (χ0) is 0. The Morgan fingerprint density at radius 2 is 0.571 bits per heavy atom. The van der Waals surface area contributed by atoms with Gasteiger partial charge in [0.1, 0.15) is 0 Å². The second-order valence-corrected chi connectivity index (χ2v) is 0. The fraction of sp³-hybridized carbons (Fsp3) is 0. The molecule has 0 N–H and O–H groups in total. The summed E-state index contributed by atoms with van der Waals surface area (Å²) >= 11 is 0. The molecule has 0 aliphatic heterocycles. The van der Waals surface area contributed by atoms with E-state index in [0.717, 1.165) is 0 Å². The zero-order valence-electron chi connectivity index (χ0n) is 4.98. The molecule has 0 aliphatic rings. The molecule has 1 nitrogen and oxygen atoms in total. The molecule has 0 bridgehead atoms. The van der Waals surface area contributed by atoms with Crippen molar-refractivity contribution in [3.63, 3.8) is 0 Å². The molecule has 0 rings (SSSR count). The Morgan fingerprint density at radius 1 is 0.571 bits per heavy atom. The van der Waals surface area contributed by atoms with E-state index in [1.807, 2.05) is 0 Å². The van der Waals surface area contributed by atoms with Crippen LogP contribution in [0.4, 0.5) is 0 Å². The van der Waals surface area contributed by atoms with Gasteiger partial charge in [-0.1, -0.05) is 0 Å². The van der Waals surface area contributed by atoms with Gasteiger partial charge in [0, 0.05) is 16.8 Å². The Kier molecular flexibility index (Phi) is 796. The summed E-state index contributed by atoms with van der Waals surface area (Å²) in [7, 11) is 0. The molecular weight excluding hydrogens is 469 g/mol. The van der Waals surface area contributed by atoms with Gasteiger partial charge in [-0.3, -0.25) is 0 Å². The first-order valence-electron chi connectivity index (χ1n) is 0. The summed E-state index contributed by atoms with van der Waals surface area (Å²) in [5.41, 5.74) is 0. The van der Waals surface area contributed by atoms with E-state index in [2.05, 4.69) is 0 Å². The van der Waals surface area contributed by atoms with E-state index in [-0.39, 0.29) is 112 Å². The van der Waals surface area contributed by atoms with Crippen LogP contribution in [0.25, 0.3) is 0 Å². The summed E-state index contributed by atoms with van der Waals surface area (Å²) in [6, 6.07) is 0. The summed E-state index contributed by atoms with van der Waals surface area (Å²) in [4.78, 5) is 0. The third-order valence-corrected chi connectivity index (χ3v) is 0. The van der Waals surface area contributed by atoms with Crippen LogP contribution < -0.4 is 37.7 Å². The molecule has 6 radical (unpaired) electrons. The van der Waals surface area contributed by atoms with Gasteiger partial charge in [0.15, 0.2) is 0 Å². The maximum atomic E-state index is 0. The molecule has 0 aliphatic carbocycles. The summed E-state index contributed by atoms with van der Waals surface area (Å²) in [5.74, 6) is 0. The SMILES string of the molecule is [B].[B].[BiH3].[BiH3].[Li+].[Li+].[O-2]. The van der Waals surface area contributed by atoms with Crippen molar-refractivity contribution in [3.05, 3.63) is 0 Å². The molecule has 0 fully saturated rings. The number of hydrogen-bond acceptors (Lipinski definition) is 0. The van der Waals surface area contributed by atoms with Crippen LogP contribution in [0.1, 0.15) is 0 Å². The van der Waals surface area contributed by atoms with Crippen molar-refractivity contribution < 1.29 is 43.2 Å². The molecule has 7 heavy (non-hydrogen) atoms. The Hall–Kier alpha value is 3.05. The maximum absolute atomic E-state index is 0. The number of rotatable bonds is 0. The topological polar surface area (TPSA) is 28.5 Å². The van der Waals surface area contributed by atoms with Gasteiger partial charge in [0.25, 0.3) is 0 Å². The summed E-state index contributed by atoms with van der Waals surface area (Å²) in [5, 5.41) is 0. The second-order valence-electron chi connectivity index (χ2n) is 0. The molecule has 0 aromatic heterocycles. The normalized spacial score (nSPS) is 0. The van der Waals surface area contributed by atoms with Gasteiger partial charge in [0.05, 0.1) is 0 Å². The third-order valence-electron chi connectivity index (χ3n) is 0. The van der Waals surface area contributed by atoms with Crippen LogP contribution in [-0.4, -0.2) is 69.2 Å². The third kappa shape index (κ3) is 48.3. The first kappa shape index (κ1) is 88.5. The molecule has 0 unspecified atom stereocenters. The van der Waals surface area contributed by atoms with Gasteiger partial charge in [-0.25, -0.2) is 0 Å². The van der Waals surface area contributed by atoms with Crippen molar-refractivity contribution in [2.45, 2.75) is 0 Å². The molecule has 0 amide bonds. The Balaban J connectivity index is 0. The van der Waals surface area contributed by atoms with Crippen LogP contribution in [0, 0.1) is 0 Å². The van der Waals surface area contributed by atoms with Crippen molar-refractivity contribution in [1.29, 1.82) is 0 Å². The molecule has 7 heteroatoms. The van der Waals surface area contributed by atoms with E-state index in [9.17, 15) is 0 Å². The van der Waals surface area contributed by atoms with Gasteiger partial charge in [-0.05, 0) is 0 Å². The minimum absolute atomic E-state index is 0. The predicted molar refractivity (Wildman–Crippen MR) is 32.1 cm³/mol. The van der Waals surface area contributed by atoms with Crippen LogP contribution in [0.2, 0.25) is 0 Å². The van der Waals surface area contributed by atoms with Crippen LogP contribution in [0.15, 0.2) is 0 Å². The Morgan fingerprint density at radius 3 is 0.571 bits per heavy atom. The van der Waals surface area contributed by atoms with E-state index >= 15 is 0 Å². The molecule has 0 saturated heterocycles. The van der Waals surface area contributed by atoms with Crippen LogP contribution >= 0.6 is 0 Å². The van der Waals surface area contributed by atoms with Crippen molar-refractivity contribution in [3.8, 4) is 0 Å². The summed E-state index contributed by atoms with van der Waals surface area (Å²) in [6.45, 7) is 0. The van der Waals surface area contributed by atoms with Crippen molar-refractivity contribution in [1.82, 2.24) is 0 Å². The fourth-order valence-electron chi connectivity index (χ4n) is 0. The summed E-state index contributed by atoms with van der Waals surface area (Å²) < 4.78 is 0. The average molecular weight is 476 g/mol. The molecule has 0 heterocycles. The molecule has 0 spiro atoms. The molecule has 0 aromatic rings. The first-order chi connectivity index (χ1) is 0. The van der Waals surface area contributed by atoms with Gasteiger partial charge >= 0.3 is 90.1 Å². The standard InChI is InChI=1S/2B.2Bi.2Li.O.6H/q;;;;2*+1;-2;;;;;;. The molecular formula is H6B2Bi2Li2O. The van der Waals surface area contributed by atoms with E-state index in [1.54, 1.807) is 0 Å². The van der Waals surface area contributed by atoms with Crippen LogP contribution in [0.3, 0.4) is 0 Å². The van der Waals surface area contributed by atoms with Crippen molar-refractivity contribution >= 4 is 69.2 Å². The van der Waals surface area contributed by atoms with E-state index < -0.39 is 0 Å². The molecule has 0 atom stereocenters. The average Bonchev–Trinajstić information content (AvgIpc) is 0. The second kappa shape index (κ2) is 63.0. The maximum Gasteiger partial charge on any atom is 1.00 e. The van der Waals surface area contributed by atoms with Gasteiger partial charge in [-0.15, -0.1) is 0 Å². The monoisotopic (exact) mass is 476 g/mol. The zero-order valence-corrected chi connectivity index (χ0v) is 16.0. The Bertz CT molecular complexity index is 13.7. The van der Waals surface area contributed by atoms with E-state index in [1.165, 1.54) is 0 Å². The Labute approximate surface area is 111 Å². The van der Waals surface area contributed by atoms with Crippen molar-refractivity contribution in [2.24, 2.45) is 0 Å². The fourth-order valence-corrected chi connectivity index (χ4v) is 0. The van der Waals surface area contributed by atoms with Gasteiger partial charge < -0.3 is 5.48 Å². The minimum Gasteiger partial charge on any atom is -2.00 e. The minimum atomic E-state index is 0. The predicted octanol–water partition coefficient (Wildman–Crippen LogP) is -9.24. The van der Waals surface area contributed by atoms with E-state index in [4.69, 9.17) is 0 Å².